The third kappa shape index (κ3) is 4.89. The fourth-order valence-electron chi connectivity index (χ4n) is 1.46. The van der Waals surface area contributed by atoms with E-state index in [4.69, 9.17) is 5.11 Å². The van der Waals surface area contributed by atoms with Gasteiger partial charge in [-0.2, -0.15) is 0 Å². The lowest BCUT2D eigenvalue weighted by Crippen LogP contribution is -2.29. The number of carboxylic acid groups (broad SMARTS) is 1. The molecule has 0 radical (unpaired) electrons. The number of aliphatic carboxylic acids is 1. The Morgan fingerprint density at radius 3 is 2.25 bits per heavy atom. The first-order chi connectivity index (χ1) is 9.22. The van der Waals surface area contributed by atoms with Crippen LogP contribution in [0.2, 0.25) is 0 Å². The smallest absolute Gasteiger partial charge is 0.319 e. The van der Waals surface area contributed by atoms with E-state index in [0.29, 0.717) is 5.92 Å². The number of hydrogen-bond acceptors (Lipinski definition) is 3. The number of anilines is 1. The fourth-order valence-corrected chi connectivity index (χ4v) is 2.14. The van der Waals surface area contributed by atoms with Gasteiger partial charge in [-0.15, -0.1) is 11.8 Å². The van der Waals surface area contributed by atoms with E-state index in [1.165, 1.54) is 5.56 Å². The van der Waals surface area contributed by atoms with Crippen LogP contribution in [0.3, 0.4) is 0 Å². The molecule has 0 atom stereocenters. The molecule has 0 aliphatic carbocycles. The zero-order valence-electron chi connectivity index (χ0n) is 12.3. The Labute approximate surface area is 124 Å². The van der Waals surface area contributed by atoms with Gasteiger partial charge in [-0.1, -0.05) is 26.0 Å². The van der Waals surface area contributed by atoms with Crippen LogP contribution < -0.4 is 5.32 Å². The molecular weight excluding hydrogens is 274 g/mol. The van der Waals surface area contributed by atoms with Crippen LogP contribution in [0.1, 0.15) is 39.2 Å². The van der Waals surface area contributed by atoms with Crippen LogP contribution in [-0.2, 0) is 9.59 Å². The van der Waals surface area contributed by atoms with Crippen molar-refractivity contribution in [3.63, 3.8) is 0 Å². The van der Waals surface area contributed by atoms with Crippen LogP contribution in [0.15, 0.2) is 24.3 Å². The zero-order valence-corrected chi connectivity index (χ0v) is 13.1. The number of carboxylic acids is 1. The average Bonchev–Trinajstić information content (AvgIpc) is 2.37. The average molecular weight is 295 g/mol. The molecular formula is C15H21NO3S. The van der Waals surface area contributed by atoms with Gasteiger partial charge >= 0.3 is 5.97 Å². The monoisotopic (exact) mass is 295 g/mol. The minimum Gasteiger partial charge on any atom is -0.480 e. The third-order valence-electron chi connectivity index (χ3n) is 2.94. The van der Waals surface area contributed by atoms with Gasteiger partial charge in [0.05, 0.1) is 5.75 Å². The van der Waals surface area contributed by atoms with Gasteiger partial charge in [-0.25, -0.2) is 0 Å². The lowest BCUT2D eigenvalue weighted by molar-refractivity contribution is -0.138. The molecule has 0 fully saturated rings. The summed E-state index contributed by atoms with van der Waals surface area (Å²) in [5, 5.41) is 11.7. The van der Waals surface area contributed by atoms with Crippen molar-refractivity contribution in [1.82, 2.24) is 0 Å². The topological polar surface area (TPSA) is 66.4 Å². The van der Waals surface area contributed by atoms with E-state index in [-0.39, 0.29) is 11.7 Å². The van der Waals surface area contributed by atoms with Crippen molar-refractivity contribution in [3.05, 3.63) is 29.8 Å². The first kappa shape index (κ1) is 16.6. The van der Waals surface area contributed by atoms with E-state index in [1.54, 1.807) is 13.8 Å². The highest BCUT2D eigenvalue weighted by Gasteiger charge is 2.28. The summed E-state index contributed by atoms with van der Waals surface area (Å²) in [6, 6.07) is 7.68. The number of amides is 1. The Kier molecular flexibility index (Phi) is 5.62. The van der Waals surface area contributed by atoms with Crippen LogP contribution in [-0.4, -0.2) is 27.5 Å². The Hall–Kier alpha value is -1.49. The maximum absolute atomic E-state index is 11.8. The molecule has 0 spiro atoms. The Morgan fingerprint density at radius 2 is 1.80 bits per heavy atom. The zero-order chi connectivity index (χ0) is 15.3. The summed E-state index contributed by atoms with van der Waals surface area (Å²) in [6.45, 7) is 7.39. The molecule has 1 aromatic carbocycles. The quantitative estimate of drug-likeness (QED) is 0.844. The third-order valence-corrected chi connectivity index (χ3v) is 4.24. The van der Waals surface area contributed by atoms with Crippen molar-refractivity contribution in [3.8, 4) is 0 Å². The molecule has 0 aliphatic heterocycles. The van der Waals surface area contributed by atoms with Crippen molar-refractivity contribution in [2.45, 2.75) is 38.4 Å². The van der Waals surface area contributed by atoms with Gasteiger partial charge in [-0.3, -0.25) is 9.59 Å². The summed E-state index contributed by atoms with van der Waals surface area (Å²) >= 11 is 1.11. The Balaban J connectivity index is 2.52. The molecule has 1 rings (SSSR count). The largest absolute Gasteiger partial charge is 0.480 e. The molecule has 0 bridgehead atoms. The molecule has 20 heavy (non-hydrogen) atoms. The summed E-state index contributed by atoms with van der Waals surface area (Å²) in [7, 11) is 0. The second-order valence-corrected chi connectivity index (χ2v) is 7.03. The lowest BCUT2D eigenvalue weighted by Gasteiger charge is -2.17. The normalized spacial score (nSPS) is 11.4. The molecule has 0 unspecified atom stereocenters. The van der Waals surface area contributed by atoms with Gasteiger partial charge in [0, 0.05) is 5.69 Å². The van der Waals surface area contributed by atoms with Crippen molar-refractivity contribution < 1.29 is 14.7 Å². The van der Waals surface area contributed by atoms with Gasteiger partial charge in [0.2, 0.25) is 5.91 Å². The summed E-state index contributed by atoms with van der Waals surface area (Å²) in [5.41, 5.74) is 1.94. The van der Waals surface area contributed by atoms with Crippen LogP contribution in [0.25, 0.3) is 0 Å². The fraction of sp³-hybridized carbons (Fsp3) is 0.467. The predicted octanol–water partition coefficient (Wildman–Crippen LogP) is 3.34. The highest BCUT2D eigenvalue weighted by atomic mass is 32.2. The number of carbonyl (C=O) groups is 2. The maximum atomic E-state index is 11.8. The lowest BCUT2D eigenvalue weighted by atomic mass is 10.0. The number of carbonyl (C=O) groups excluding carboxylic acids is 1. The van der Waals surface area contributed by atoms with Crippen molar-refractivity contribution in [2.24, 2.45) is 0 Å². The van der Waals surface area contributed by atoms with E-state index in [9.17, 15) is 9.59 Å². The summed E-state index contributed by atoms with van der Waals surface area (Å²) in [6.07, 6.45) is 0. The molecule has 1 amide bonds. The van der Waals surface area contributed by atoms with Crippen LogP contribution in [0, 0.1) is 0 Å². The van der Waals surface area contributed by atoms with Gasteiger partial charge in [0.15, 0.2) is 0 Å². The molecule has 2 N–H and O–H groups in total. The van der Waals surface area contributed by atoms with Gasteiger partial charge < -0.3 is 10.4 Å². The standard InChI is InChI=1S/C15H21NO3S/c1-10(2)11-5-7-12(8-6-11)16-13(17)9-20-15(3,4)14(18)19/h5-8,10H,9H2,1-4H3,(H,16,17)(H,18,19). The summed E-state index contributed by atoms with van der Waals surface area (Å²) < 4.78 is -0.959. The molecule has 4 nitrogen and oxygen atoms in total. The summed E-state index contributed by atoms with van der Waals surface area (Å²) in [4.78, 5) is 22.7. The van der Waals surface area contributed by atoms with Gasteiger partial charge in [0.25, 0.3) is 0 Å². The Morgan fingerprint density at radius 1 is 1.25 bits per heavy atom. The van der Waals surface area contributed by atoms with Crippen LogP contribution in [0.4, 0.5) is 5.69 Å². The number of nitrogens with one attached hydrogen (secondary N) is 1. The van der Waals surface area contributed by atoms with Gasteiger partial charge in [-0.05, 0) is 37.5 Å². The Bertz CT molecular complexity index is 480. The van der Waals surface area contributed by atoms with E-state index in [2.05, 4.69) is 19.2 Å². The number of thioether (sulfide) groups is 1. The highest BCUT2D eigenvalue weighted by molar-refractivity contribution is 8.02. The second kappa shape index (κ2) is 6.79. The van der Waals surface area contributed by atoms with Crippen LogP contribution >= 0.6 is 11.8 Å². The molecule has 1 aromatic rings. The minimum atomic E-state index is -0.959. The van der Waals surface area contributed by atoms with Gasteiger partial charge in [0.1, 0.15) is 4.75 Å². The molecule has 0 saturated heterocycles. The van der Waals surface area contributed by atoms with E-state index in [1.807, 2.05) is 24.3 Å². The number of rotatable bonds is 6. The predicted molar refractivity (Wildman–Crippen MR) is 83.3 cm³/mol. The molecule has 0 aliphatic rings. The first-order valence-corrected chi connectivity index (χ1v) is 7.48. The van der Waals surface area contributed by atoms with E-state index >= 15 is 0 Å². The molecule has 0 saturated carbocycles. The highest BCUT2D eigenvalue weighted by Crippen LogP contribution is 2.24. The second-order valence-electron chi connectivity index (χ2n) is 5.43. The van der Waals surface area contributed by atoms with E-state index < -0.39 is 10.7 Å². The SMILES string of the molecule is CC(C)c1ccc(NC(=O)CSC(C)(C)C(=O)O)cc1. The molecule has 5 heteroatoms. The van der Waals surface area contributed by atoms with Crippen LogP contribution in [0.5, 0.6) is 0 Å². The number of hydrogen-bond donors (Lipinski definition) is 2. The number of benzene rings is 1. The minimum absolute atomic E-state index is 0.116. The van der Waals surface area contributed by atoms with Crippen molar-refractivity contribution >= 4 is 29.3 Å². The molecule has 110 valence electrons. The van der Waals surface area contributed by atoms with Crippen molar-refractivity contribution in [1.29, 1.82) is 0 Å². The maximum Gasteiger partial charge on any atom is 0.319 e. The molecule has 0 heterocycles. The molecule has 0 aromatic heterocycles. The van der Waals surface area contributed by atoms with Crippen molar-refractivity contribution in [2.75, 3.05) is 11.1 Å². The first-order valence-electron chi connectivity index (χ1n) is 6.49. The summed E-state index contributed by atoms with van der Waals surface area (Å²) in [5.74, 6) is -0.546. The van der Waals surface area contributed by atoms with E-state index in [0.717, 1.165) is 17.4 Å².